The molecule has 25 heavy (non-hydrogen) atoms. The van der Waals surface area contributed by atoms with Crippen LogP contribution in [0, 0.1) is 0 Å². The Morgan fingerprint density at radius 1 is 1.16 bits per heavy atom. The van der Waals surface area contributed by atoms with Crippen molar-refractivity contribution in [2.24, 2.45) is 0 Å². The first-order valence-electron chi connectivity index (χ1n) is 7.94. The van der Waals surface area contributed by atoms with Crippen molar-refractivity contribution in [2.45, 2.75) is 13.8 Å². The van der Waals surface area contributed by atoms with E-state index in [1.165, 1.54) is 4.90 Å². The molecule has 2 amide bonds. The van der Waals surface area contributed by atoms with Gasteiger partial charge in [0.05, 0.1) is 0 Å². The maximum Gasteiger partial charge on any atom is 0.325 e. The molecule has 0 atom stereocenters. The van der Waals surface area contributed by atoms with Gasteiger partial charge in [-0.2, -0.15) is 0 Å². The van der Waals surface area contributed by atoms with Gasteiger partial charge in [0.2, 0.25) is 0 Å². The van der Waals surface area contributed by atoms with Crippen LogP contribution in [0.1, 0.15) is 13.8 Å². The fourth-order valence-electron chi connectivity index (χ4n) is 1.87. The highest BCUT2D eigenvalue weighted by atomic mass is 16.5. The summed E-state index contributed by atoms with van der Waals surface area (Å²) in [5, 5.41) is 2.37. The lowest BCUT2D eigenvalue weighted by Gasteiger charge is -2.20. The van der Waals surface area contributed by atoms with Crippen molar-refractivity contribution in [3.63, 3.8) is 0 Å². The number of nitrogens with one attached hydrogen (secondary N) is 1. The predicted octanol–water partition coefficient (Wildman–Crippen LogP) is 1.15. The van der Waals surface area contributed by atoms with Gasteiger partial charge in [0.1, 0.15) is 12.3 Å². The van der Waals surface area contributed by atoms with E-state index in [-0.39, 0.29) is 25.7 Å². The Morgan fingerprint density at radius 2 is 1.84 bits per heavy atom. The van der Waals surface area contributed by atoms with Crippen LogP contribution in [0.5, 0.6) is 5.75 Å². The number of para-hydroxylation sites is 1. The lowest BCUT2D eigenvalue weighted by Crippen LogP contribution is -2.38. The Morgan fingerprint density at radius 3 is 2.44 bits per heavy atom. The van der Waals surface area contributed by atoms with Gasteiger partial charge >= 0.3 is 5.97 Å². The van der Waals surface area contributed by atoms with Crippen molar-refractivity contribution in [2.75, 3.05) is 32.8 Å². The Balaban J connectivity index is 2.24. The Bertz CT molecular complexity index is 601. The number of hydrogen-bond acceptors (Lipinski definition) is 5. The summed E-state index contributed by atoms with van der Waals surface area (Å²) in [6, 6.07) is 8.85. The van der Waals surface area contributed by atoms with Gasteiger partial charge in [0.15, 0.2) is 13.2 Å². The zero-order valence-electron chi connectivity index (χ0n) is 14.6. The largest absolute Gasteiger partial charge is 0.484 e. The number of nitrogens with zero attached hydrogens (tertiary/aromatic N) is 1. The third kappa shape index (κ3) is 8.55. The second-order valence-electron chi connectivity index (χ2n) is 5.40. The van der Waals surface area contributed by atoms with E-state index in [4.69, 9.17) is 9.47 Å². The maximum absolute atomic E-state index is 11.9. The molecule has 0 bridgehead atoms. The first kappa shape index (κ1) is 20.2. The van der Waals surface area contributed by atoms with Crippen LogP contribution >= 0.6 is 0 Å². The lowest BCUT2D eigenvalue weighted by atomic mass is 10.3. The molecule has 0 radical (unpaired) electrons. The molecule has 0 saturated carbocycles. The fourth-order valence-corrected chi connectivity index (χ4v) is 1.87. The summed E-state index contributed by atoms with van der Waals surface area (Å²) in [7, 11) is 0. The number of carbonyl (C=O) groups is 3. The molecule has 1 aromatic carbocycles. The van der Waals surface area contributed by atoms with Crippen molar-refractivity contribution < 1.29 is 23.9 Å². The van der Waals surface area contributed by atoms with E-state index in [0.717, 1.165) is 5.57 Å². The average Bonchev–Trinajstić information content (AvgIpc) is 2.61. The standard InChI is InChI=1S/C18H24N2O5/c1-4-20(11-14(2)3)17(22)13-25-18(23)10-19-16(21)12-24-15-8-6-5-7-9-15/h5-9H,2,4,10-13H2,1,3H3,(H,19,21). The van der Waals surface area contributed by atoms with Crippen molar-refractivity contribution in [3.05, 3.63) is 42.5 Å². The van der Waals surface area contributed by atoms with Crippen molar-refractivity contribution in [1.29, 1.82) is 0 Å². The number of likely N-dealkylation sites (N-methyl/N-ethyl adjacent to an activating group) is 1. The van der Waals surface area contributed by atoms with Crippen LogP contribution in [0.4, 0.5) is 0 Å². The summed E-state index contributed by atoms with van der Waals surface area (Å²) in [4.78, 5) is 36.6. The van der Waals surface area contributed by atoms with E-state index in [1.807, 2.05) is 19.9 Å². The van der Waals surface area contributed by atoms with Crippen LogP contribution in [0.25, 0.3) is 0 Å². The molecule has 1 aromatic rings. The Kier molecular flexibility index (Phi) is 8.78. The van der Waals surface area contributed by atoms with Gasteiger partial charge in [0, 0.05) is 13.1 Å². The maximum atomic E-state index is 11.9. The molecule has 0 fully saturated rings. The van der Waals surface area contributed by atoms with Crippen molar-refractivity contribution >= 4 is 17.8 Å². The monoisotopic (exact) mass is 348 g/mol. The zero-order valence-corrected chi connectivity index (χ0v) is 14.6. The van der Waals surface area contributed by atoms with E-state index in [9.17, 15) is 14.4 Å². The molecular weight excluding hydrogens is 324 g/mol. The SMILES string of the molecule is C=C(C)CN(CC)C(=O)COC(=O)CNC(=O)COc1ccccc1. The molecule has 0 aliphatic rings. The van der Waals surface area contributed by atoms with Gasteiger partial charge < -0.3 is 19.7 Å². The quantitative estimate of drug-likeness (QED) is 0.506. The number of ether oxygens (including phenoxy) is 2. The summed E-state index contributed by atoms with van der Waals surface area (Å²) in [6.45, 7) is 7.41. The molecule has 136 valence electrons. The van der Waals surface area contributed by atoms with Crippen LogP contribution in [-0.2, 0) is 19.1 Å². The topological polar surface area (TPSA) is 84.9 Å². The summed E-state index contributed by atoms with van der Waals surface area (Å²) < 4.78 is 10.1. The first-order chi connectivity index (χ1) is 11.9. The van der Waals surface area contributed by atoms with Crippen LogP contribution in [0.2, 0.25) is 0 Å². The molecule has 0 saturated heterocycles. The minimum absolute atomic E-state index is 0.210. The van der Waals surface area contributed by atoms with E-state index in [2.05, 4.69) is 11.9 Å². The molecule has 0 heterocycles. The van der Waals surface area contributed by atoms with Gasteiger partial charge in [-0.05, 0) is 26.0 Å². The number of rotatable bonds is 10. The Hall–Kier alpha value is -2.83. The fraction of sp³-hybridized carbons (Fsp3) is 0.389. The van der Waals surface area contributed by atoms with E-state index >= 15 is 0 Å². The van der Waals surface area contributed by atoms with Crippen LogP contribution in [0.15, 0.2) is 42.5 Å². The number of amides is 2. The number of carbonyl (C=O) groups excluding carboxylic acids is 3. The molecule has 0 aromatic heterocycles. The van der Waals surface area contributed by atoms with Gasteiger partial charge in [0.25, 0.3) is 11.8 Å². The van der Waals surface area contributed by atoms with Crippen LogP contribution < -0.4 is 10.1 Å². The van der Waals surface area contributed by atoms with Gasteiger partial charge in [-0.3, -0.25) is 14.4 Å². The molecule has 0 aliphatic heterocycles. The molecule has 0 unspecified atom stereocenters. The minimum Gasteiger partial charge on any atom is -0.484 e. The van der Waals surface area contributed by atoms with Gasteiger partial charge in [-0.25, -0.2) is 0 Å². The second-order valence-corrected chi connectivity index (χ2v) is 5.40. The number of hydrogen-bond donors (Lipinski definition) is 1. The lowest BCUT2D eigenvalue weighted by molar-refractivity contribution is -0.151. The normalized spacial score (nSPS) is 9.84. The summed E-state index contributed by atoms with van der Waals surface area (Å²) in [6.07, 6.45) is 0. The van der Waals surface area contributed by atoms with E-state index < -0.39 is 11.9 Å². The van der Waals surface area contributed by atoms with Crippen molar-refractivity contribution in [3.8, 4) is 5.75 Å². The summed E-state index contributed by atoms with van der Waals surface area (Å²) in [5.74, 6) is -0.891. The third-order valence-electron chi connectivity index (χ3n) is 3.09. The molecule has 7 nitrogen and oxygen atoms in total. The van der Waals surface area contributed by atoms with E-state index in [1.54, 1.807) is 24.3 Å². The molecule has 1 N–H and O–H groups in total. The summed E-state index contributed by atoms with van der Waals surface area (Å²) >= 11 is 0. The van der Waals surface area contributed by atoms with Gasteiger partial charge in [-0.1, -0.05) is 30.4 Å². The van der Waals surface area contributed by atoms with Crippen LogP contribution in [0.3, 0.4) is 0 Å². The molecule has 7 heteroatoms. The predicted molar refractivity (Wildman–Crippen MR) is 93.0 cm³/mol. The highest BCUT2D eigenvalue weighted by Crippen LogP contribution is 2.07. The van der Waals surface area contributed by atoms with E-state index in [0.29, 0.717) is 18.8 Å². The second kappa shape index (κ2) is 10.9. The number of esters is 1. The van der Waals surface area contributed by atoms with Crippen molar-refractivity contribution in [1.82, 2.24) is 10.2 Å². The highest BCUT2D eigenvalue weighted by molar-refractivity contribution is 5.84. The Labute approximate surface area is 147 Å². The molecule has 0 aliphatic carbocycles. The summed E-state index contributed by atoms with van der Waals surface area (Å²) in [5.41, 5.74) is 0.840. The minimum atomic E-state index is -0.687. The molecular formula is C18H24N2O5. The highest BCUT2D eigenvalue weighted by Gasteiger charge is 2.14. The number of benzene rings is 1. The average molecular weight is 348 g/mol. The van der Waals surface area contributed by atoms with Crippen LogP contribution in [-0.4, -0.2) is 55.5 Å². The molecule has 0 spiro atoms. The molecule has 1 rings (SSSR count). The first-order valence-corrected chi connectivity index (χ1v) is 7.94. The zero-order chi connectivity index (χ0) is 18.7. The third-order valence-corrected chi connectivity index (χ3v) is 3.09. The smallest absolute Gasteiger partial charge is 0.325 e. The van der Waals surface area contributed by atoms with Gasteiger partial charge in [-0.15, -0.1) is 0 Å².